The zero-order chi connectivity index (χ0) is 8.39. The van der Waals surface area contributed by atoms with Gasteiger partial charge in [0.15, 0.2) is 0 Å². The number of halogens is 1. The fourth-order valence-corrected chi connectivity index (χ4v) is 1.76. The molecule has 0 aromatic carbocycles. The van der Waals surface area contributed by atoms with Crippen molar-refractivity contribution in [1.82, 2.24) is 9.78 Å². The first-order valence-corrected chi connectivity index (χ1v) is 4.89. The number of ether oxygens (including phenoxy) is 1. The predicted octanol–water partition coefficient (Wildman–Crippen LogP) is 1.68. The molecular formula is C8H11BrN2O. The van der Waals surface area contributed by atoms with Crippen molar-refractivity contribution in [3.8, 4) is 0 Å². The molecule has 0 N–H and O–H groups in total. The number of nitrogens with zero attached hydrogens (tertiary/aromatic N) is 2. The highest BCUT2D eigenvalue weighted by Gasteiger charge is 2.16. The normalized spacial score (nSPS) is 23.2. The van der Waals surface area contributed by atoms with Crippen LogP contribution in [0, 0.1) is 5.92 Å². The van der Waals surface area contributed by atoms with E-state index in [1.807, 2.05) is 17.1 Å². The second-order valence-corrected chi connectivity index (χ2v) is 4.03. The molecule has 0 saturated carbocycles. The monoisotopic (exact) mass is 230 g/mol. The fraction of sp³-hybridized carbons (Fsp3) is 0.625. The van der Waals surface area contributed by atoms with Gasteiger partial charge in [0.25, 0.3) is 0 Å². The zero-order valence-corrected chi connectivity index (χ0v) is 8.33. The van der Waals surface area contributed by atoms with Crippen molar-refractivity contribution in [2.75, 3.05) is 13.2 Å². The number of rotatable bonds is 2. The van der Waals surface area contributed by atoms with Crippen molar-refractivity contribution in [1.29, 1.82) is 0 Å². The van der Waals surface area contributed by atoms with Crippen molar-refractivity contribution in [2.45, 2.75) is 13.0 Å². The molecule has 0 spiro atoms. The smallest absolute Gasteiger partial charge is 0.0632 e. The Labute approximate surface area is 79.8 Å². The molecule has 0 radical (unpaired) electrons. The van der Waals surface area contributed by atoms with Gasteiger partial charge in [0, 0.05) is 25.3 Å². The van der Waals surface area contributed by atoms with Gasteiger partial charge in [-0.15, -0.1) is 0 Å². The second kappa shape index (κ2) is 3.58. The zero-order valence-electron chi connectivity index (χ0n) is 6.74. The highest BCUT2D eigenvalue weighted by atomic mass is 79.9. The Hall–Kier alpha value is -0.350. The number of hydrogen-bond acceptors (Lipinski definition) is 2. The van der Waals surface area contributed by atoms with E-state index in [0.29, 0.717) is 5.92 Å². The van der Waals surface area contributed by atoms with Crippen LogP contribution in [0.25, 0.3) is 0 Å². The Morgan fingerprint density at radius 1 is 1.75 bits per heavy atom. The predicted molar refractivity (Wildman–Crippen MR) is 48.9 cm³/mol. The molecule has 1 fully saturated rings. The first-order valence-electron chi connectivity index (χ1n) is 4.10. The topological polar surface area (TPSA) is 27.1 Å². The van der Waals surface area contributed by atoms with Crippen LogP contribution in [0.1, 0.15) is 6.42 Å². The third-order valence-electron chi connectivity index (χ3n) is 2.07. The van der Waals surface area contributed by atoms with Crippen molar-refractivity contribution in [3.63, 3.8) is 0 Å². The molecule has 1 aliphatic rings. The van der Waals surface area contributed by atoms with Gasteiger partial charge in [-0.05, 0) is 22.4 Å². The highest BCUT2D eigenvalue weighted by molar-refractivity contribution is 9.10. The van der Waals surface area contributed by atoms with Gasteiger partial charge in [-0.25, -0.2) is 0 Å². The molecule has 1 atom stereocenters. The Bertz CT molecular complexity index is 255. The lowest BCUT2D eigenvalue weighted by Gasteiger charge is -2.06. The maximum Gasteiger partial charge on any atom is 0.0632 e. The third-order valence-corrected chi connectivity index (χ3v) is 2.48. The maximum absolute atomic E-state index is 5.28. The van der Waals surface area contributed by atoms with E-state index in [4.69, 9.17) is 4.74 Å². The Morgan fingerprint density at radius 2 is 2.67 bits per heavy atom. The summed E-state index contributed by atoms with van der Waals surface area (Å²) in [6, 6.07) is 0. The average Bonchev–Trinajstić information content (AvgIpc) is 2.63. The minimum absolute atomic E-state index is 0.650. The SMILES string of the molecule is Brc1cnn(CC2CCOC2)c1. The van der Waals surface area contributed by atoms with Crippen LogP contribution >= 0.6 is 15.9 Å². The molecule has 1 aromatic heterocycles. The van der Waals surface area contributed by atoms with Gasteiger partial charge in [-0.3, -0.25) is 4.68 Å². The summed E-state index contributed by atoms with van der Waals surface area (Å²) < 4.78 is 8.29. The van der Waals surface area contributed by atoms with Crippen LogP contribution in [0.4, 0.5) is 0 Å². The van der Waals surface area contributed by atoms with E-state index in [2.05, 4.69) is 21.0 Å². The molecule has 1 unspecified atom stereocenters. The van der Waals surface area contributed by atoms with E-state index in [0.717, 1.165) is 30.7 Å². The minimum Gasteiger partial charge on any atom is -0.381 e. The first-order chi connectivity index (χ1) is 5.84. The summed E-state index contributed by atoms with van der Waals surface area (Å²) >= 11 is 3.37. The standard InChI is InChI=1S/C8H11BrN2O/c9-8-3-10-11(5-8)4-7-1-2-12-6-7/h3,5,7H,1-2,4,6H2. The van der Waals surface area contributed by atoms with Crippen LogP contribution in [-0.2, 0) is 11.3 Å². The summed E-state index contributed by atoms with van der Waals surface area (Å²) in [7, 11) is 0. The Morgan fingerprint density at radius 3 is 3.25 bits per heavy atom. The van der Waals surface area contributed by atoms with Crippen LogP contribution in [0.5, 0.6) is 0 Å². The van der Waals surface area contributed by atoms with Crippen molar-refractivity contribution in [2.24, 2.45) is 5.92 Å². The number of aromatic nitrogens is 2. The van der Waals surface area contributed by atoms with E-state index < -0.39 is 0 Å². The molecule has 0 amide bonds. The van der Waals surface area contributed by atoms with Crippen molar-refractivity contribution >= 4 is 15.9 Å². The summed E-state index contributed by atoms with van der Waals surface area (Å²) in [5, 5.41) is 4.19. The third kappa shape index (κ3) is 1.87. The van der Waals surface area contributed by atoms with E-state index in [1.165, 1.54) is 0 Å². The largest absolute Gasteiger partial charge is 0.381 e. The van der Waals surface area contributed by atoms with Gasteiger partial charge in [-0.2, -0.15) is 5.10 Å². The van der Waals surface area contributed by atoms with Crippen LogP contribution in [0.3, 0.4) is 0 Å². The summed E-state index contributed by atoms with van der Waals surface area (Å²) in [4.78, 5) is 0. The molecule has 12 heavy (non-hydrogen) atoms. The second-order valence-electron chi connectivity index (χ2n) is 3.11. The van der Waals surface area contributed by atoms with E-state index in [-0.39, 0.29) is 0 Å². The Balaban J connectivity index is 1.94. The van der Waals surface area contributed by atoms with E-state index in [9.17, 15) is 0 Å². The van der Waals surface area contributed by atoms with Gasteiger partial charge in [0.05, 0.1) is 17.3 Å². The minimum atomic E-state index is 0.650. The van der Waals surface area contributed by atoms with Crippen LogP contribution in [0.15, 0.2) is 16.9 Å². The first kappa shape index (κ1) is 8.26. The van der Waals surface area contributed by atoms with Crippen molar-refractivity contribution in [3.05, 3.63) is 16.9 Å². The van der Waals surface area contributed by atoms with Gasteiger partial charge in [-0.1, -0.05) is 0 Å². The van der Waals surface area contributed by atoms with Crippen LogP contribution < -0.4 is 0 Å². The van der Waals surface area contributed by atoms with Gasteiger partial charge in [0.2, 0.25) is 0 Å². The molecule has 0 bridgehead atoms. The molecule has 1 aliphatic heterocycles. The molecule has 1 saturated heterocycles. The molecule has 66 valence electrons. The molecule has 2 rings (SSSR count). The fourth-order valence-electron chi connectivity index (χ4n) is 1.43. The lowest BCUT2D eigenvalue weighted by Crippen LogP contribution is -2.10. The summed E-state index contributed by atoms with van der Waals surface area (Å²) in [5.41, 5.74) is 0. The summed E-state index contributed by atoms with van der Waals surface area (Å²) in [6.45, 7) is 2.77. The van der Waals surface area contributed by atoms with Gasteiger partial charge >= 0.3 is 0 Å². The molecule has 2 heterocycles. The van der Waals surface area contributed by atoms with Crippen LogP contribution in [0.2, 0.25) is 0 Å². The van der Waals surface area contributed by atoms with Gasteiger partial charge < -0.3 is 4.74 Å². The van der Waals surface area contributed by atoms with Crippen LogP contribution in [-0.4, -0.2) is 23.0 Å². The van der Waals surface area contributed by atoms with Crippen molar-refractivity contribution < 1.29 is 4.74 Å². The molecule has 0 aliphatic carbocycles. The summed E-state index contributed by atoms with van der Waals surface area (Å²) in [6.07, 6.45) is 4.98. The summed E-state index contributed by atoms with van der Waals surface area (Å²) in [5.74, 6) is 0.650. The molecule has 1 aromatic rings. The lowest BCUT2D eigenvalue weighted by molar-refractivity contribution is 0.181. The molecular weight excluding hydrogens is 220 g/mol. The number of hydrogen-bond donors (Lipinski definition) is 0. The highest BCUT2D eigenvalue weighted by Crippen LogP contribution is 2.15. The molecule has 3 nitrogen and oxygen atoms in total. The molecule has 4 heteroatoms. The lowest BCUT2D eigenvalue weighted by atomic mass is 10.1. The van der Waals surface area contributed by atoms with Gasteiger partial charge in [0.1, 0.15) is 0 Å². The van der Waals surface area contributed by atoms with E-state index in [1.54, 1.807) is 0 Å². The van der Waals surface area contributed by atoms with E-state index >= 15 is 0 Å². The average molecular weight is 231 g/mol. The quantitative estimate of drug-likeness (QED) is 0.774. The Kier molecular flexibility index (Phi) is 2.46. The maximum atomic E-state index is 5.28.